The molecule has 2 aromatic carbocycles. The molecule has 0 aromatic heterocycles. The van der Waals surface area contributed by atoms with Crippen molar-refractivity contribution in [1.29, 1.82) is 0 Å². The van der Waals surface area contributed by atoms with Gasteiger partial charge in [0.2, 0.25) is 5.91 Å². The van der Waals surface area contributed by atoms with Crippen LogP contribution >= 0.6 is 0 Å². The molecule has 6 nitrogen and oxygen atoms in total. The van der Waals surface area contributed by atoms with E-state index in [4.69, 9.17) is 9.47 Å². The Kier molecular flexibility index (Phi) is 6.39. The van der Waals surface area contributed by atoms with Gasteiger partial charge >= 0.3 is 0 Å². The van der Waals surface area contributed by atoms with Crippen LogP contribution in [0.15, 0.2) is 42.5 Å². The minimum Gasteiger partial charge on any atom is -0.493 e. The number of methoxy groups -OCH3 is 2. The Morgan fingerprint density at radius 1 is 1.00 bits per heavy atom. The highest BCUT2D eigenvalue weighted by molar-refractivity contribution is 6.00. The normalized spacial score (nSPS) is 10.0. The number of para-hydroxylation sites is 1. The largest absolute Gasteiger partial charge is 0.493 e. The van der Waals surface area contributed by atoms with E-state index < -0.39 is 0 Å². The van der Waals surface area contributed by atoms with E-state index in [0.29, 0.717) is 29.3 Å². The third-order valence-corrected chi connectivity index (χ3v) is 3.68. The standard InChI is InChI=1S/C19H22N2O4/c1-13(22)15-6-4-5-7-16(15)20-12-19(23)21-11-14-8-9-17(24-2)18(10-14)25-3/h4-10,20H,11-12H2,1-3H3,(H,21,23). The number of carbonyl (C=O) groups is 2. The highest BCUT2D eigenvalue weighted by Gasteiger charge is 2.09. The van der Waals surface area contributed by atoms with Gasteiger partial charge in [-0.25, -0.2) is 0 Å². The molecule has 0 unspecified atom stereocenters. The van der Waals surface area contributed by atoms with E-state index in [1.807, 2.05) is 18.2 Å². The van der Waals surface area contributed by atoms with Crippen molar-refractivity contribution in [2.45, 2.75) is 13.5 Å². The summed E-state index contributed by atoms with van der Waals surface area (Å²) in [7, 11) is 3.14. The van der Waals surface area contributed by atoms with Crippen molar-refractivity contribution in [2.75, 3.05) is 26.1 Å². The number of Topliss-reactive ketones (excluding diaryl/α,β-unsaturated/α-hetero) is 1. The molecule has 6 heteroatoms. The molecule has 0 bridgehead atoms. The van der Waals surface area contributed by atoms with Crippen molar-refractivity contribution in [3.05, 3.63) is 53.6 Å². The van der Waals surface area contributed by atoms with E-state index >= 15 is 0 Å². The fourth-order valence-electron chi connectivity index (χ4n) is 2.37. The summed E-state index contributed by atoms with van der Waals surface area (Å²) < 4.78 is 10.4. The summed E-state index contributed by atoms with van der Waals surface area (Å²) in [5.74, 6) is 1.03. The minimum absolute atomic E-state index is 0.0474. The van der Waals surface area contributed by atoms with Crippen LogP contribution in [0.5, 0.6) is 11.5 Å². The van der Waals surface area contributed by atoms with Crippen LogP contribution in [0.25, 0.3) is 0 Å². The van der Waals surface area contributed by atoms with Crippen molar-refractivity contribution in [2.24, 2.45) is 0 Å². The van der Waals surface area contributed by atoms with E-state index in [-0.39, 0.29) is 18.2 Å². The van der Waals surface area contributed by atoms with Crippen LogP contribution in [0.4, 0.5) is 5.69 Å². The molecule has 2 rings (SSSR count). The molecule has 0 aliphatic heterocycles. The van der Waals surface area contributed by atoms with Crippen LogP contribution in [0.2, 0.25) is 0 Å². The summed E-state index contributed by atoms with van der Waals surface area (Å²) in [5.41, 5.74) is 2.11. The van der Waals surface area contributed by atoms with E-state index in [9.17, 15) is 9.59 Å². The number of carbonyl (C=O) groups excluding carboxylic acids is 2. The first-order valence-electron chi connectivity index (χ1n) is 7.86. The van der Waals surface area contributed by atoms with Crippen molar-refractivity contribution in [3.8, 4) is 11.5 Å². The van der Waals surface area contributed by atoms with Gasteiger partial charge in [-0.05, 0) is 36.8 Å². The Morgan fingerprint density at radius 3 is 2.40 bits per heavy atom. The molecule has 0 aliphatic carbocycles. The van der Waals surface area contributed by atoms with Crippen LogP contribution in [0, 0.1) is 0 Å². The zero-order chi connectivity index (χ0) is 18.2. The van der Waals surface area contributed by atoms with Crippen LogP contribution in [-0.2, 0) is 11.3 Å². The van der Waals surface area contributed by atoms with Crippen LogP contribution in [0.1, 0.15) is 22.8 Å². The molecule has 0 aliphatic rings. The highest BCUT2D eigenvalue weighted by atomic mass is 16.5. The van der Waals surface area contributed by atoms with Crippen LogP contribution < -0.4 is 20.1 Å². The van der Waals surface area contributed by atoms with Gasteiger partial charge in [0.05, 0.1) is 20.8 Å². The number of hydrogen-bond acceptors (Lipinski definition) is 5. The van der Waals surface area contributed by atoms with E-state index in [1.165, 1.54) is 6.92 Å². The number of ether oxygens (including phenoxy) is 2. The summed E-state index contributed by atoms with van der Waals surface area (Å²) in [6.45, 7) is 1.95. The van der Waals surface area contributed by atoms with Crippen LogP contribution in [0.3, 0.4) is 0 Å². The molecule has 0 radical (unpaired) electrons. The number of benzene rings is 2. The van der Waals surface area contributed by atoms with Gasteiger partial charge in [0.25, 0.3) is 0 Å². The SMILES string of the molecule is COc1ccc(CNC(=O)CNc2ccccc2C(C)=O)cc1OC. The number of ketones is 1. The van der Waals surface area contributed by atoms with Gasteiger partial charge in [-0.15, -0.1) is 0 Å². The molecule has 25 heavy (non-hydrogen) atoms. The first-order chi connectivity index (χ1) is 12.0. The highest BCUT2D eigenvalue weighted by Crippen LogP contribution is 2.27. The quantitative estimate of drug-likeness (QED) is 0.721. The van der Waals surface area contributed by atoms with Crippen molar-refractivity contribution in [3.63, 3.8) is 0 Å². The maximum atomic E-state index is 12.0. The van der Waals surface area contributed by atoms with Gasteiger partial charge in [0.1, 0.15) is 0 Å². The van der Waals surface area contributed by atoms with Gasteiger partial charge in [-0.2, -0.15) is 0 Å². The molecule has 132 valence electrons. The fourth-order valence-corrected chi connectivity index (χ4v) is 2.37. The fraction of sp³-hybridized carbons (Fsp3) is 0.263. The average molecular weight is 342 g/mol. The zero-order valence-electron chi connectivity index (χ0n) is 14.6. The first kappa shape index (κ1) is 18.3. The number of amides is 1. The number of nitrogens with one attached hydrogen (secondary N) is 2. The van der Waals surface area contributed by atoms with E-state index in [1.54, 1.807) is 38.5 Å². The number of hydrogen-bond donors (Lipinski definition) is 2. The van der Waals surface area contributed by atoms with Gasteiger partial charge in [-0.3, -0.25) is 9.59 Å². The first-order valence-corrected chi connectivity index (χ1v) is 7.86. The predicted octanol–water partition coefficient (Wildman–Crippen LogP) is 2.63. The molecular formula is C19H22N2O4. The molecule has 2 aromatic rings. The smallest absolute Gasteiger partial charge is 0.239 e. The molecule has 2 N–H and O–H groups in total. The summed E-state index contributed by atoms with van der Waals surface area (Å²) >= 11 is 0. The number of anilines is 1. The minimum atomic E-state index is -0.173. The number of rotatable bonds is 8. The lowest BCUT2D eigenvalue weighted by Crippen LogP contribution is -2.29. The molecule has 1 amide bonds. The molecule has 0 saturated carbocycles. The lowest BCUT2D eigenvalue weighted by Gasteiger charge is -2.12. The van der Waals surface area contributed by atoms with Gasteiger partial charge < -0.3 is 20.1 Å². The summed E-state index contributed by atoms with van der Waals surface area (Å²) in [5, 5.41) is 5.82. The topological polar surface area (TPSA) is 76.7 Å². The average Bonchev–Trinajstić information content (AvgIpc) is 2.64. The van der Waals surface area contributed by atoms with Crippen molar-refractivity contribution in [1.82, 2.24) is 5.32 Å². The second-order valence-electron chi connectivity index (χ2n) is 5.42. The van der Waals surface area contributed by atoms with Gasteiger partial charge in [-0.1, -0.05) is 18.2 Å². The molecule has 0 heterocycles. The van der Waals surface area contributed by atoms with Gasteiger partial charge in [0, 0.05) is 17.8 Å². The third-order valence-electron chi connectivity index (χ3n) is 3.68. The summed E-state index contributed by atoms with van der Waals surface area (Å²) in [6, 6.07) is 12.6. The Labute approximate surface area is 147 Å². The van der Waals surface area contributed by atoms with Crippen LogP contribution in [-0.4, -0.2) is 32.5 Å². The summed E-state index contributed by atoms with van der Waals surface area (Å²) in [6.07, 6.45) is 0. The molecular weight excluding hydrogens is 320 g/mol. The maximum Gasteiger partial charge on any atom is 0.239 e. The van der Waals surface area contributed by atoms with Crippen molar-refractivity contribution < 1.29 is 19.1 Å². The molecule has 0 saturated heterocycles. The Morgan fingerprint density at radius 2 is 1.72 bits per heavy atom. The molecule has 0 atom stereocenters. The molecule has 0 fully saturated rings. The Balaban J connectivity index is 1.90. The summed E-state index contributed by atoms with van der Waals surface area (Å²) in [4.78, 5) is 23.6. The lowest BCUT2D eigenvalue weighted by atomic mass is 10.1. The monoisotopic (exact) mass is 342 g/mol. The lowest BCUT2D eigenvalue weighted by molar-refractivity contribution is -0.119. The third kappa shape index (κ3) is 4.97. The van der Waals surface area contributed by atoms with E-state index in [0.717, 1.165) is 5.56 Å². The maximum absolute atomic E-state index is 12.0. The van der Waals surface area contributed by atoms with Gasteiger partial charge in [0.15, 0.2) is 17.3 Å². The van der Waals surface area contributed by atoms with Crippen molar-refractivity contribution >= 4 is 17.4 Å². The Bertz CT molecular complexity index is 759. The molecule has 0 spiro atoms. The second-order valence-corrected chi connectivity index (χ2v) is 5.42. The second kappa shape index (κ2) is 8.73. The predicted molar refractivity (Wildman–Crippen MR) is 96.3 cm³/mol. The van der Waals surface area contributed by atoms with E-state index in [2.05, 4.69) is 10.6 Å². The Hall–Kier alpha value is -3.02. The zero-order valence-corrected chi connectivity index (χ0v) is 14.6.